The molecule has 0 saturated carbocycles. The zero-order chi connectivity index (χ0) is 18.3. The lowest BCUT2D eigenvalue weighted by atomic mass is 10.2. The maximum atomic E-state index is 13.0. The summed E-state index contributed by atoms with van der Waals surface area (Å²) in [5.41, 5.74) is 2.31. The van der Waals surface area contributed by atoms with Gasteiger partial charge in [0.1, 0.15) is 11.2 Å². The molecule has 0 amide bonds. The molecule has 0 spiro atoms. The maximum Gasteiger partial charge on any atom is 0.417 e. The summed E-state index contributed by atoms with van der Waals surface area (Å²) in [6.45, 7) is 0. The first-order chi connectivity index (χ1) is 12.5. The smallest absolute Gasteiger partial charge is 0.417 e. The number of thiazole rings is 1. The molecule has 0 aliphatic carbocycles. The number of alkyl halides is 3. The summed E-state index contributed by atoms with van der Waals surface area (Å²) in [5, 5.41) is 1.76. The minimum atomic E-state index is -4.49. The number of aromatic nitrogens is 5. The van der Waals surface area contributed by atoms with Crippen LogP contribution >= 0.6 is 11.3 Å². The van der Waals surface area contributed by atoms with Gasteiger partial charge in [0, 0.05) is 17.6 Å². The monoisotopic (exact) mass is 377 g/mol. The second kappa shape index (κ2) is 6.06. The SMILES string of the molecule is COc1ccc(-n2c(-c3cscn3)nc3cc(C(F)(F)F)cnc32)cn1. The molecule has 26 heavy (non-hydrogen) atoms. The molecule has 0 aliphatic heterocycles. The number of ether oxygens (including phenoxy) is 1. The molecule has 0 fully saturated rings. The van der Waals surface area contributed by atoms with Crippen molar-refractivity contribution in [3.8, 4) is 23.1 Å². The first-order valence-corrected chi connectivity index (χ1v) is 8.26. The van der Waals surface area contributed by atoms with Crippen molar-refractivity contribution in [3.63, 3.8) is 0 Å². The highest BCUT2D eigenvalue weighted by atomic mass is 32.1. The molecule has 132 valence electrons. The highest BCUT2D eigenvalue weighted by molar-refractivity contribution is 7.07. The van der Waals surface area contributed by atoms with Gasteiger partial charge in [-0.25, -0.2) is 19.9 Å². The van der Waals surface area contributed by atoms with Crippen LogP contribution in [0.3, 0.4) is 0 Å². The van der Waals surface area contributed by atoms with E-state index in [0.29, 0.717) is 23.1 Å². The molecule has 0 N–H and O–H groups in total. The topological polar surface area (TPSA) is 65.7 Å². The van der Waals surface area contributed by atoms with Gasteiger partial charge in [0.05, 0.1) is 30.1 Å². The third-order valence-electron chi connectivity index (χ3n) is 3.67. The number of nitrogens with zero attached hydrogens (tertiary/aromatic N) is 5. The Bertz CT molecular complexity index is 1060. The molecule has 6 nitrogen and oxygen atoms in total. The molecule has 10 heteroatoms. The Kier molecular flexibility index (Phi) is 3.83. The summed E-state index contributed by atoms with van der Waals surface area (Å²) in [5.74, 6) is 0.806. The summed E-state index contributed by atoms with van der Waals surface area (Å²) in [6.07, 6.45) is -2.16. The van der Waals surface area contributed by atoms with Crippen LogP contribution in [0, 0.1) is 0 Å². The Morgan fingerprint density at radius 2 is 1.96 bits per heavy atom. The van der Waals surface area contributed by atoms with Crippen LogP contribution in [0.4, 0.5) is 13.2 Å². The lowest BCUT2D eigenvalue weighted by Gasteiger charge is -2.08. The van der Waals surface area contributed by atoms with E-state index in [0.717, 1.165) is 12.3 Å². The van der Waals surface area contributed by atoms with Gasteiger partial charge in [0.25, 0.3) is 0 Å². The lowest BCUT2D eigenvalue weighted by Crippen LogP contribution is -2.06. The third kappa shape index (κ3) is 2.77. The van der Waals surface area contributed by atoms with Crippen molar-refractivity contribution in [2.75, 3.05) is 7.11 Å². The van der Waals surface area contributed by atoms with Crippen molar-refractivity contribution in [3.05, 3.63) is 47.0 Å². The van der Waals surface area contributed by atoms with Crippen LogP contribution in [0.25, 0.3) is 28.4 Å². The average Bonchev–Trinajstić information content (AvgIpc) is 3.28. The van der Waals surface area contributed by atoms with Gasteiger partial charge in [-0.05, 0) is 12.1 Å². The van der Waals surface area contributed by atoms with Crippen LogP contribution in [0.1, 0.15) is 5.56 Å². The maximum absolute atomic E-state index is 13.0. The quantitative estimate of drug-likeness (QED) is 0.541. The van der Waals surface area contributed by atoms with Gasteiger partial charge < -0.3 is 4.74 Å². The van der Waals surface area contributed by atoms with Gasteiger partial charge in [0.15, 0.2) is 11.5 Å². The molecule has 4 aromatic heterocycles. The molecular formula is C16H10F3N5OS. The summed E-state index contributed by atoms with van der Waals surface area (Å²) < 4.78 is 45.6. The molecule has 0 aromatic carbocycles. The van der Waals surface area contributed by atoms with Crippen LogP contribution in [-0.4, -0.2) is 31.6 Å². The van der Waals surface area contributed by atoms with Crippen LogP contribution in [0.2, 0.25) is 0 Å². The molecule has 4 aromatic rings. The molecule has 0 aliphatic rings. The fraction of sp³-hybridized carbons (Fsp3) is 0.125. The van der Waals surface area contributed by atoms with Crippen molar-refractivity contribution >= 4 is 22.5 Å². The van der Waals surface area contributed by atoms with Gasteiger partial charge in [0.2, 0.25) is 5.88 Å². The second-order valence-electron chi connectivity index (χ2n) is 5.27. The number of rotatable bonds is 3. The van der Waals surface area contributed by atoms with E-state index < -0.39 is 11.7 Å². The van der Waals surface area contributed by atoms with Crippen molar-refractivity contribution < 1.29 is 17.9 Å². The van der Waals surface area contributed by atoms with E-state index in [1.54, 1.807) is 27.6 Å². The number of hydrogen-bond acceptors (Lipinski definition) is 6. The van der Waals surface area contributed by atoms with Crippen LogP contribution in [-0.2, 0) is 6.18 Å². The molecule has 0 unspecified atom stereocenters. The first-order valence-electron chi connectivity index (χ1n) is 7.32. The van der Waals surface area contributed by atoms with Gasteiger partial charge in [-0.3, -0.25) is 4.57 Å². The standard InChI is InChI=1S/C16H10F3N5OS/c1-25-13-3-2-10(6-20-13)24-14-11(4-9(5-21-14)16(17,18)19)23-15(24)12-7-26-8-22-12/h2-8H,1H3. The zero-order valence-corrected chi connectivity index (χ0v) is 14.0. The summed E-state index contributed by atoms with van der Waals surface area (Å²) in [7, 11) is 1.50. The van der Waals surface area contributed by atoms with Crippen molar-refractivity contribution in [2.24, 2.45) is 0 Å². The minimum absolute atomic E-state index is 0.124. The van der Waals surface area contributed by atoms with Gasteiger partial charge in [-0.15, -0.1) is 11.3 Å². The first kappa shape index (κ1) is 16.5. The van der Waals surface area contributed by atoms with Gasteiger partial charge >= 0.3 is 6.18 Å². The Labute approximate surface area is 149 Å². The largest absolute Gasteiger partial charge is 0.481 e. The van der Waals surface area contributed by atoms with E-state index in [4.69, 9.17) is 4.74 Å². The predicted molar refractivity (Wildman–Crippen MR) is 89.3 cm³/mol. The Hall–Kier alpha value is -3.01. The van der Waals surface area contributed by atoms with Gasteiger partial charge in [-0.1, -0.05) is 0 Å². The number of pyridine rings is 2. The number of hydrogen-bond donors (Lipinski definition) is 0. The highest BCUT2D eigenvalue weighted by Crippen LogP contribution is 2.33. The Morgan fingerprint density at radius 3 is 2.58 bits per heavy atom. The van der Waals surface area contributed by atoms with Crippen LogP contribution in [0.5, 0.6) is 5.88 Å². The van der Waals surface area contributed by atoms with Gasteiger partial charge in [-0.2, -0.15) is 13.2 Å². The van der Waals surface area contributed by atoms with Crippen molar-refractivity contribution in [1.82, 2.24) is 24.5 Å². The molecule has 0 bridgehead atoms. The molecule has 4 rings (SSSR count). The van der Waals surface area contributed by atoms with Crippen LogP contribution < -0.4 is 4.74 Å². The zero-order valence-electron chi connectivity index (χ0n) is 13.2. The normalized spacial score (nSPS) is 11.8. The number of imidazole rings is 1. The summed E-state index contributed by atoms with van der Waals surface area (Å²) in [6, 6.07) is 4.35. The Balaban J connectivity index is 1.97. The molecule has 0 atom stereocenters. The fourth-order valence-electron chi connectivity index (χ4n) is 2.48. The molecule has 0 radical (unpaired) electrons. The van der Waals surface area contributed by atoms with E-state index in [2.05, 4.69) is 19.9 Å². The Morgan fingerprint density at radius 1 is 1.12 bits per heavy atom. The fourth-order valence-corrected chi connectivity index (χ4v) is 3.02. The summed E-state index contributed by atoms with van der Waals surface area (Å²) in [4.78, 5) is 16.7. The number of methoxy groups -OCH3 is 1. The van der Waals surface area contributed by atoms with E-state index in [9.17, 15) is 13.2 Å². The molecular weight excluding hydrogens is 367 g/mol. The molecule has 0 saturated heterocycles. The van der Waals surface area contributed by atoms with E-state index >= 15 is 0 Å². The number of halogens is 3. The lowest BCUT2D eigenvalue weighted by molar-refractivity contribution is -0.137. The number of fused-ring (bicyclic) bond motifs is 1. The van der Waals surface area contributed by atoms with Crippen molar-refractivity contribution in [2.45, 2.75) is 6.18 Å². The predicted octanol–water partition coefficient (Wildman–Crippen LogP) is 3.97. The van der Waals surface area contributed by atoms with E-state index in [1.807, 2.05) is 0 Å². The second-order valence-corrected chi connectivity index (χ2v) is 5.99. The summed E-state index contributed by atoms with van der Waals surface area (Å²) >= 11 is 1.36. The van der Waals surface area contributed by atoms with E-state index in [1.165, 1.54) is 24.6 Å². The minimum Gasteiger partial charge on any atom is -0.481 e. The van der Waals surface area contributed by atoms with E-state index in [-0.39, 0.29) is 11.2 Å². The average molecular weight is 377 g/mol. The van der Waals surface area contributed by atoms with Crippen LogP contribution in [0.15, 0.2) is 41.5 Å². The highest BCUT2D eigenvalue weighted by Gasteiger charge is 2.32. The molecule has 4 heterocycles. The third-order valence-corrected chi connectivity index (χ3v) is 4.26. The van der Waals surface area contributed by atoms with Crippen molar-refractivity contribution in [1.29, 1.82) is 0 Å².